The SMILES string of the molecule is COc1ccnc(N[C@@H](c2ccccc2)c2ccccn2)n1. The van der Waals surface area contributed by atoms with E-state index in [1.807, 2.05) is 48.5 Å². The van der Waals surface area contributed by atoms with Gasteiger partial charge in [0.05, 0.1) is 18.8 Å². The van der Waals surface area contributed by atoms with Crippen LogP contribution in [0.5, 0.6) is 5.88 Å². The van der Waals surface area contributed by atoms with Gasteiger partial charge < -0.3 is 10.1 Å². The van der Waals surface area contributed by atoms with Crippen LogP contribution in [-0.2, 0) is 0 Å². The van der Waals surface area contributed by atoms with Crippen LogP contribution in [0.4, 0.5) is 5.95 Å². The zero-order valence-electron chi connectivity index (χ0n) is 12.2. The van der Waals surface area contributed by atoms with Crippen LogP contribution in [0, 0.1) is 0 Å². The third kappa shape index (κ3) is 3.20. The van der Waals surface area contributed by atoms with Crippen molar-refractivity contribution in [1.82, 2.24) is 15.0 Å². The van der Waals surface area contributed by atoms with Crippen molar-refractivity contribution < 1.29 is 4.74 Å². The van der Waals surface area contributed by atoms with Gasteiger partial charge in [-0.05, 0) is 17.7 Å². The Morgan fingerprint density at radius 3 is 2.45 bits per heavy atom. The molecule has 0 saturated carbocycles. The molecule has 0 unspecified atom stereocenters. The number of nitrogens with zero attached hydrogens (tertiary/aromatic N) is 3. The second-order valence-corrected chi connectivity index (χ2v) is 4.67. The molecule has 0 radical (unpaired) electrons. The standard InChI is InChI=1S/C17H16N4O/c1-22-15-10-12-19-17(20-15)21-16(13-7-3-2-4-8-13)14-9-5-6-11-18-14/h2-12,16H,1H3,(H,19,20,21)/t16-/m0/s1. The van der Waals surface area contributed by atoms with Gasteiger partial charge >= 0.3 is 0 Å². The average Bonchev–Trinajstić information content (AvgIpc) is 2.61. The maximum Gasteiger partial charge on any atom is 0.226 e. The van der Waals surface area contributed by atoms with Gasteiger partial charge in [-0.15, -0.1) is 0 Å². The van der Waals surface area contributed by atoms with E-state index in [0.717, 1.165) is 11.3 Å². The van der Waals surface area contributed by atoms with Crippen molar-refractivity contribution in [1.29, 1.82) is 0 Å². The monoisotopic (exact) mass is 292 g/mol. The van der Waals surface area contributed by atoms with E-state index >= 15 is 0 Å². The van der Waals surface area contributed by atoms with Gasteiger partial charge in [0.2, 0.25) is 11.8 Å². The average molecular weight is 292 g/mol. The second-order valence-electron chi connectivity index (χ2n) is 4.67. The van der Waals surface area contributed by atoms with Gasteiger partial charge in [0.25, 0.3) is 0 Å². The van der Waals surface area contributed by atoms with Gasteiger partial charge in [-0.3, -0.25) is 4.98 Å². The fourth-order valence-electron chi connectivity index (χ4n) is 2.17. The molecule has 0 amide bonds. The van der Waals surface area contributed by atoms with Crippen LogP contribution < -0.4 is 10.1 Å². The lowest BCUT2D eigenvalue weighted by molar-refractivity contribution is 0.397. The maximum absolute atomic E-state index is 5.14. The van der Waals surface area contributed by atoms with E-state index in [1.165, 1.54) is 0 Å². The summed E-state index contributed by atoms with van der Waals surface area (Å²) >= 11 is 0. The molecule has 3 aromatic rings. The molecule has 5 heteroatoms. The molecule has 1 atom stereocenters. The molecular weight excluding hydrogens is 276 g/mol. The van der Waals surface area contributed by atoms with Crippen LogP contribution in [0.25, 0.3) is 0 Å². The smallest absolute Gasteiger partial charge is 0.226 e. The summed E-state index contributed by atoms with van der Waals surface area (Å²) in [4.78, 5) is 13.0. The number of anilines is 1. The van der Waals surface area contributed by atoms with Crippen molar-refractivity contribution in [2.45, 2.75) is 6.04 Å². The van der Waals surface area contributed by atoms with Crippen molar-refractivity contribution in [2.75, 3.05) is 12.4 Å². The number of hydrogen-bond donors (Lipinski definition) is 1. The summed E-state index contributed by atoms with van der Waals surface area (Å²) in [7, 11) is 1.58. The minimum absolute atomic E-state index is 0.130. The summed E-state index contributed by atoms with van der Waals surface area (Å²) in [6, 6.07) is 17.5. The third-order valence-corrected chi connectivity index (χ3v) is 3.23. The van der Waals surface area contributed by atoms with Crippen molar-refractivity contribution in [3.8, 4) is 5.88 Å². The molecule has 0 aliphatic carbocycles. The Bertz CT molecular complexity index is 679. The number of pyridine rings is 1. The Hall–Kier alpha value is -2.95. The molecule has 0 spiro atoms. The number of hydrogen-bond acceptors (Lipinski definition) is 5. The van der Waals surface area contributed by atoms with Crippen LogP contribution in [-0.4, -0.2) is 22.1 Å². The van der Waals surface area contributed by atoms with E-state index in [-0.39, 0.29) is 6.04 Å². The van der Waals surface area contributed by atoms with Crippen LogP contribution in [0.2, 0.25) is 0 Å². The van der Waals surface area contributed by atoms with Gasteiger partial charge in [0.1, 0.15) is 0 Å². The quantitative estimate of drug-likeness (QED) is 0.783. The Labute approximate surface area is 129 Å². The molecule has 110 valence electrons. The van der Waals surface area contributed by atoms with Crippen LogP contribution in [0.3, 0.4) is 0 Å². The summed E-state index contributed by atoms with van der Waals surface area (Å²) in [5, 5.41) is 3.32. The summed E-state index contributed by atoms with van der Waals surface area (Å²) in [5.41, 5.74) is 1.99. The normalized spacial score (nSPS) is 11.7. The first-order chi connectivity index (χ1) is 10.9. The van der Waals surface area contributed by atoms with Crippen LogP contribution >= 0.6 is 0 Å². The number of ether oxygens (including phenoxy) is 1. The van der Waals surface area contributed by atoms with E-state index in [1.54, 1.807) is 25.6 Å². The molecule has 0 saturated heterocycles. The Morgan fingerprint density at radius 1 is 0.909 bits per heavy atom. The largest absolute Gasteiger partial charge is 0.481 e. The van der Waals surface area contributed by atoms with Gasteiger partial charge in [-0.25, -0.2) is 4.98 Å². The highest BCUT2D eigenvalue weighted by Gasteiger charge is 2.16. The lowest BCUT2D eigenvalue weighted by atomic mass is 10.0. The number of rotatable bonds is 5. The highest BCUT2D eigenvalue weighted by molar-refractivity contribution is 5.39. The highest BCUT2D eigenvalue weighted by Crippen LogP contribution is 2.24. The number of methoxy groups -OCH3 is 1. The zero-order chi connectivity index (χ0) is 15.2. The molecule has 0 bridgehead atoms. The minimum atomic E-state index is -0.130. The Balaban J connectivity index is 1.95. The molecule has 3 rings (SSSR count). The molecule has 1 aromatic carbocycles. The van der Waals surface area contributed by atoms with Gasteiger partial charge in [0.15, 0.2) is 0 Å². The molecule has 0 aliphatic rings. The minimum Gasteiger partial charge on any atom is -0.481 e. The topological polar surface area (TPSA) is 59.9 Å². The maximum atomic E-state index is 5.14. The van der Waals surface area contributed by atoms with Crippen molar-refractivity contribution >= 4 is 5.95 Å². The van der Waals surface area contributed by atoms with E-state index in [4.69, 9.17) is 4.74 Å². The van der Waals surface area contributed by atoms with Crippen molar-refractivity contribution in [3.05, 3.63) is 78.2 Å². The molecule has 0 aliphatic heterocycles. The third-order valence-electron chi connectivity index (χ3n) is 3.23. The molecule has 22 heavy (non-hydrogen) atoms. The van der Waals surface area contributed by atoms with Crippen LogP contribution in [0.15, 0.2) is 67.0 Å². The first-order valence-electron chi connectivity index (χ1n) is 6.96. The fraction of sp³-hybridized carbons (Fsp3) is 0.118. The molecule has 1 N–H and O–H groups in total. The summed E-state index contributed by atoms with van der Waals surface area (Å²) in [5.74, 6) is 1.02. The van der Waals surface area contributed by atoms with Crippen molar-refractivity contribution in [3.63, 3.8) is 0 Å². The fourth-order valence-corrected chi connectivity index (χ4v) is 2.17. The van der Waals surface area contributed by atoms with E-state index in [2.05, 4.69) is 20.3 Å². The second kappa shape index (κ2) is 6.67. The lowest BCUT2D eigenvalue weighted by Gasteiger charge is -2.18. The summed E-state index contributed by atoms with van der Waals surface area (Å²) in [6.07, 6.45) is 3.44. The summed E-state index contributed by atoms with van der Waals surface area (Å²) in [6.45, 7) is 0. The highest BCUT2D eigenvalue weighted by atomic mass is 16.5. The van der Waals surface area contributed by atoms with E-state index < -0.39 is 0 Å². The van der Waals surface area contributed by atoms with E-state index in [9.17, 15) is 0 Å². The van der Waals surface area contributed by atoms with Crippen LogP contribution in [0.1, 0.15) is 17.3 Å². The van der Waals surface area contributed by atoms with Gasteiger partial charge in [-0.2, -0.15) is 4.98 Å². The lowest BCUT2D eigenvalue weighted by Crippen LogP contribution is -2.15. The molecular formula is C17H16N4O. The predicted molar refractivity (Wildman–Crippen MR) is 84.7 cm³/mol. The molecule has 2 aromatic heterocycles. The number of aromatic nitrogens is 3. The molecule has 5 nitrogen and oxygen atoms in total. The molecule has 0 fully saturated rings. The van der Waals surface area contributed by atoms with Crippen molar-refractivity contribution in [2.24, 2.45) is 0 Å². The first kappa shape index (κ1) is 14.0. The van der Waals surface area contributed by atoms with E-state index in [0.29, 0.717) is 11.8 Å². The number of nitrogens with one attached hydrogen (secondary N) is 1. The predicted octanol–water partition coefficient (Wildman–Crippen LogP) is 3.08. The van der Waals surface area contributed by atoms with Gasteiger partial charge in [0, 0.05) is 18.5 Å². The van der Waals surface area contributed by atoms with Gasteiger partial charge in [-0.1, -0.05) is 36.4 Å². The summed E-state index contributed by atoms with van der Waals surface area (Å²) < 4.78 is 5.14. The first-order valence-corrected chi connectivity index (χ1v) is 6.96. The zero-order valence-corrected chi connectivity index (χ0v) is 12.2. The Morgan fingerprint density at radius 2 is 1.73 bits per heavy atom. The number of benzene rings is 1. The Kier molecular flexibility index (Phi) is 4.25. The molecule has 2 heterocycles.